The van der Waals surface area contributed by atoms with E-state index in [1.807, 2.05) is 6.07 Å². The van der Waals surface area contributed by atoms with Gasteiger partial charge in [0.2, 0.25) is 0 Å². The topological polar surface area (TPSA) is 37.4 Å². The van der Waals surface area contributed by atoms with Crippen molar-refractivity contribution in [3.8, 4) is 5.75 Å². The van der Waals surface area contributed by atoms with Gasteiger partial charge in [-0.2, -0.15) is 0 Å². The molecular weight excluding hydrogens is 346 g/mol. The lowest BCUT2D eigenvalue weighted by molar-refractivity contribution is 0.415. The molecule has 2 aliphatic rings. The minimum atomic E-state index is 0.890. The van der Waals surface area contributed by atoms with Crippen molar-refractivity contribution in [2.45, 2.75) is 32.1 Å². The van der Waals surface area contributed by atoms with Gasteiger partial charge in [0.1, 0.15) is 5.75 Å². The Balaban J connectivity index is 1.43. The monoisotopic (exact) mass is 373 g/mol. The van der Waals surface area contributed by atoms with Crippen LogP contribution in [0, 0.1) is 0 Å². The van der Waals surface area contributed by atoms with Crippen molar-refractivity contribution in [2.75, 3.05) is 37.0 Å². The summed E-state index contributed by atoms with van der Waals surface area (Å²) in [6.07, 6.45) is 5.85. The number of aryl methyl sites for hydroxylation is 1. The molecule has 0 amide bonds. The molecule has 3 aromatic rings. The van der Waals surface area contributed by atoms with E-state index >= 15 is 0 Å². The Morgan fingerprint density at radius 2 is 1.96 bits per heavy atom. The van der Waals surface area contributed by atoms with Gasteiger partial charge in [-0.15, -0.1) is 0 Å². The molecule has 1 aliphatic carbocycles. The van der Waals surface area contributed by atoms with E-state index < -0.39 is 0 Å². The zero-order chi connectivity index (χ0) is 18.9. The summed E-state index contributed by atoms with van der Waals surface area (Å²) in [7, 11) is 1.73. The number of rotatable bonds is 5. The minimum Gasteiger partial charge on any atom is -0.497 e. The van der Waals surface area contributed by atoms with Crippen LogP contribution in [0.2, 0.25) is 0 Å². The second-order valence-electron chi connectivity index (χ2n) is 7.79. The van der Waals surface area contributed by atoms with Crippen molar-refractivity contribution in [1.29, 1.82) is 0 Å². The van der Waals surface area contributed by atoms with E-state index in [1.54, 1.807) is 7.11 Å². The van der Waals surface area contributed by atoms with Crippen molar-refractivity contribution in [3.05, 3.63) is 59.3 Å². The van der Waals surface area contributed by atoms with E-state index in [9.17, 15) is 0 Å². The van der Waals surface area contributed by atoms with Crippen LogP contribution in [0.4, 0.5) is 11.4 Å². The van der Waals surface area contributed by atoms with Gasteiger partial charge in [0.05, 0.1) is 12.6 Å². The zero-order valence-electron chi connectivity index (χ0n) is 16.5. The number of pyridine rings is 1. The first-order chi connectivity index (χ1) is 13.8. The molecule has 144 valence electrons. The molecule has 1 aromatic heterocycles. The largest absolute Gasteiger partial charge is 0.497 e. The zero-order valence-corrected chi connectivity index (χ0v) is 16.5. The predicted molar refractivity (Wildman–Crippen MR) is 116 cm³/mol. The third kappa shape index (κ3) is 3.07. The lowest BCUT2D eigenvalue weighted by Crippen LogP contribution is -2.27. The van der Waals surface area contributed by atoms with Gasteiger partial charge in [-0.25, -0.2) is 0 Å². The van der Waals surface area contributed by atoms with Crippen molar-refractivity contribution >= 4 is 22.3 Å². The average molecular weight is 374 g/mol. The Hall–Kier alpha value is -2.75. The highest BCUT2D eigenvalue weighted by atomic mass is 16.5. The Morgan fingerprint density at radius 1 is 1.07 bits per heavy atom. The van der Waals surface area contributed by atoms with Crippen LogP contribution in [-0.4, -0.2) is 31.7 Å². The van der Waals surface area contributed by atoms with Gasteiger partial charge in [0.25, 0.3) is 0 Å². The van der Waals surface area contributed by atoms with Crippen LogP contribution >= 0.6 is 0 Å². The van der Waals surface area contributed by atoms with Crippen molar-refractivity contribution in [3.63, 3.8) is 0 Å². The van der Waals surface area contributed by atoms with Crippen LogP contribution in [0.15, 0.2) is 42.5 Å². The molecule has 0 fully saturated rings. The number of ether oxygens (including phenoxy) is 1. The molecule has 28 heavy (non-hydrogen) atoms. The first-order valence-corrected chi connectivity index (χ1v) is 10.4. The molecule has 1 aliphatic heterocycles. The molecule has 0 spiro atoms. The molecule has 0 atom stereocenters. The number of fused-ring (bicyclic) bond motifs is 3. The SMILES string of the molecule is COc1ccc2nc3c(c(NCCN4CCc5ccccc54)c2c1)CCCC3. The molecule has 2 aromatic carbocycles. The Labute approximate surface area is 166 Å². The summed E-state index contributed by atoms with van der Waals surface area (Å²) < 4.78 is 5.48. The van der Waals surface area contributed by atoms with Gasteiger partial charge in [-0.3, -0.25) is 4.98 Å². The van der Waals surface area contributed by atoms with Gasteiger partial charge in [0, 0.05) is 42.1 Å². The molecule has 1 N–H and O–H groups in total. The lowest BCUT2D eigenvalue weighted by Gasteiger charge is -2.24. The van der Waals surface area contributed by atoms with Crippen LogP contribution < -0.4 is 15.0 Å². The highest BCUT2D eigenvalue weighted by Gasteiger charge is 2.20. The number of hydrogen-bond acceptors (Lipinski definition) is 4. The summed E-state index contributed by atoms with van der Waals surface area (Å²) >= 11 is 0. The second-order valence-corrected chi connectivity index (χ2v) is 7.79. The van der Waals surface area contributed by atoms with E-state index in [0.29, 0.717) is 0 Å². The van der Waals surface area contributed by atoms with Crippen LogP contribution in [0.1, 0.15) is 29.7 Å². The van der Waals surface area contributed by atoms with Gasteiger partial charge in [-0.05, 0) is 67.5 Å². The van der Waals surface area contributed by atoms with Crippen LogP contribution in [0.3, 0.4) is 0 Å². The Kier molecular flexibility index (Phi) is 4.55. The lowest BCUT2D eigenvalue weighted by atomic mass is 9.92. The molecule has 0 bridgehead atoms. The number of methoxy groups -OCH3 is 1. The summed E-state index contributed by atoms with van der Waals surface area (Å²) in [5.74, 6) is 0.890. The molecule has 0 unspecified atom stereocenters. The summed E-state index contributed by atoms with van der Waals surface area (Å²) in [5, 5.41) is 4.97. The molecule has 2 heterocycles. The summed E-state index contributed by atoms with van der Waals surface area (Å²) in [4.78, 5) is 7.46. The van der Waals surface area contributed by atoms with Gasteiger partial charge in [-0.1, -0.05) is 18.2 Å². The summed E-state index contributed by atoms with van der Waals surface area (Å²) in [5.41, 5.74) is 7.89. The quantitative estimate of drug-likeness (QED) is 0.709. The summed E-state index contributed by atoms with van der Waals surface area (Å²) in [6, 6.07) is 15.0. The fraction of sp³-hybridized carbons (Fsp3) is 0.375. The van der Waals surface area contributed by atoms with Crippen molar-refractivity contribution in [2.24, 2.45) is 0 Å². The van der Waals surface area contributed by atoms with Gasteiger partial charge < -0.3 is 15.0 Å². The molecule has 0 saturated carbocycles. The van der Waals surface area contributed by atoms with E-state index in [-0.39, 0.29) is 0 Å². The van der Waals surface area contributed by atoms with Crippen molar-refractivity contribution in [1.82, 2.24) is 4.98 Å². The maximum Gasteiger partial charge on any atom is 0.119 e. The second kappa shape index (κ2) is 7.34. The third-order valence-corrected chi connectivity index (χ3v) is 6.14. The van der Waals surface area contributed by atoms with E-state index in [2.05, 4.69) is 46.6 Å². The van der Waals surface area contributed by atoms with Crippen molar-refractivity contribution < 1.29 is 4.74 Å². The highest BCUT2D eigenvalue weighted by molar-refractivity contribution is 5.94. The number of nitrogens with one attached hydrogen (secondary N) is 1. The Morgan fingerprint density at radius 3 is 2.89 bits per heavy atom. The Bertz CT molecular complexity index is 1010. The van der Waals surface area contributed by atoms with Crippen LogP contribution in [0.25, 0.3) is 10.9 Å². The summed E-state index contributed by atoms with van der Waals surface area (Å²) in [6.45, 7) is 3.06. The molecule has 4 nitrogen and oxygen atoms in total. The van der Waals surface area contributed by atoms with Gasteiger partial charge in [0.15, 0.2) is 0 Å². The molecule has 0 radical (unpaired) electrons. The van der Waals surface area contributed by atoms with Crippen LogP contribution in [-0.2, 0) is 19.3 Å². The number of aromatic nitrogens is 1. The van der Waals surface area contributed by atoms with E-state index in [4.69, 9.17) is 9.72 Å². The first-order valence-electron chi connectivity index (χ1n) is 10.4. The molecular formula is C24H27N3O. The number of anilines is 2. The molecule has 4 heteroatoms. The highest BCUT2D eigenvalue weighted by Crippen LogP contribution is 2.35. The maximum absolute atomic E-state index is 5.48. The molecule has 0 saturated heterocycles. The fourth-order valence-electron chi connectivity index (χ4n) is 4.69. The van der Waals surface area contributed by atoms with E-state index in [0.717, 1.165) is 50.2 Å². The third-order valence-electron chi connectivity index (χ3n) is 6.14. The van der Waals surface area contributed by atoms with E-state index in [1.165, 1.54) is 46.4 Å². The van der Waals surface area contributed by atoms with Gasteiger partial charge >= 0.3 is 0 Å². The number of para-hydroxylation sites is 1. The number of hydrogen-bond donors (Lipinski definition) is 1. The maximum atomic E-state index is 5.48. The average Bonchev–Trinajstić information content (AvgIpc) is 3.16. The van der Waals surface area contributed by atoms with Crippen LogP contribution in [0.5, 0.6) is 5.75 Å². The number of nitrogens with zero attached hydrogens (tertiary/aromatic N) is 2. The smallest absolute Gasteiger partial charge is 0.119 e. The number of benzene rings is 2. The molecule has 5 rings (SSSR count). The fourth-order valence-corrected chi connectivity index (χ4v) is 4.69. The first kappa shape index (κ1) is 17.4. The minimum absolute atomic E-state index is 0.890. The predicted octanol–water partition coefficient (Wildman–Crippen LogP) is 4.60. The standard InChI is InChI=1S/C24H27N3O/c1-28-18-10-11-22-20(16-18)24(19-7-3-4-8-21(19)26-22)25-13-15-27-14-12-17-6-2-5-9-23(17)27/h2,5-6,9-11,16H,3-4,7-8,12-15H2,1H3,(H,25,26). The normalized spacial score (nSPS) is 15.4.